The Morgan fingerprint density at radius 2 is 2.05 bits per heavy atom. The predicted molar refractivity (Wildman–Crippen MR) is 71.2 cm³/mol. The van der Waals surface area contributed by atoms with Crippen molar-refractivity contribution in [2.24, 2.45) is 0 Å². The average molecular weight is 337 g/mol. The highest BCUT2D eigenvalue weighted by molar-refractivity contribution is 8.13. The molecule has 0 aliphatic heterocycles. The van der Waals surface area contributed by atoms with E-state index in [0.717, 1.165) is 12.8 Å². The number of amides is 1. The van der Waals surface area contributed by atoms with Gasteiger partial charge in [-0.25, -0.2) is 8.42 Å². The molecule has 0 atom stereocenters. The van der Waals surface area contributed by atoms with Crippen LogP contribution in [0.5, 0.6) is 0 Å². The number of nitro groups is 1. The molecule has 0 spiro atoms. The van der Waals surface area contributed by atoms with Crippen LogP contribution in [0.1, 0.15) is 30.1 Å². The fraction of sp³-hybridized carbons (Fsp3) is 0.364. The van der Waals surface area contributed by atoms with Crippen molar-refractivity contribution < 1.29 is 22.5 Å². The zero-order chi connectivity index (χ0) is 16.0. The Morgan fingerprint density at radius 1 is 1.48 bits per heavy atom. The summed E-state index contributed by atoms with van der Waals surface area (Å²) in [6.07, 6.45) is 1.48. The van der Waals surface area contributed by atoms with E-state index in [1.807, 2.05) is 0 Å². The van der Waals surface area contributed by atoms with Crippen LogP contribution in [-0.4, -0.2) is 24.8 Å². The van der Waals surface area contributed by atoms with E-state index in [9.17, 15) is 27.7 Å². The molecule has 1 amide bonds. The molecule has 0 aromatic heterocycles. The van der Waals surface area contributed by atoms with Crippen LogP contribution in [0.2, 0.25) is 0 Å². The van der Waals surface area contributed by atoms with E-state index < -0.39 is 41.8 Å². The van der Waals surface area contributed by atoms with Crippen molar-refractivity contribution in [3.05, 3.63) is 33.6 Å². The Labute approximate surface area is 123 Å². The van der Waals surface area contributed by atoms with Crippen LogP contribution in [0.25, 0.3) is 0 Å². The summed E-state index contributed by atoms with van der Waals surface area (Å²) in [5.74, 6) is -2.32. The van der Waals surface area contributed by atoms with Gasteiger partial charge in [0, 0.05) is 27.9 Å². The molecule has 1 saturated carbocycles. The first-order valence-corrected chi connectivity index (χ1v) is 8.09. The first kappa shape index (κ1) is 15.6. The lowest BCUT2D eigenvalue weighted by Gasteiger charge is -2.12. The van der Waals surface area contributed by atoms with E-state index in [-0.39, 0.29) is 5.56 Å². The van der Waals surface area contributed by atoms with Gasteiger partial charge in [0.1, 0.15) is 4.90 Å². The second kappa shape index (κ2) is 4.92. The fourth-order valence-electron chi connectivity index (χ4n) is 1.68. The number of halogens is 2. The standard InChI is InChI=1S/C11H10ClFN2O5S/c1-11(2-3-11)14-10(16)6-4-7(15(17)18)9(13)8(5-6)21(12,19)20/h4-5H,2-3H2,1H3,(H,14,16). The number of hydrogen-bond acceptors (Lipinski definition) is 5. The highest BCUT2D eigenvalue weighted by atomic mass is 35.7. The third-order valence-corrected chi connectivity index (χ3v) is 4.48. The Bertz CT molecular complexity index is 745. The molecule has 0 bridgehead atoms. The smallest absolute Gasteiger partial charge is 0.307 e. The number of nitrogens with zero attached hydrogens (tertiary/aromatic N) is 1. The highest BCUT2D eigenvalue weighted by Crippen LogP contribution is 2.35. The van der Waals surface area contributed by atoms with Crippen molar-refractivity contribution in [2.45, 2.75) is 30.2 Å². The summed E-state index contributed by atoms with van der Waals surface area (Å²) in [5, 5.41) is 13.4. The van der Waals surface area contributed by atoms with Crippen LogP contribution in [0, 0.1) is 15.9 Å². The molecule has 21 heavy (non-hydrogen) atoms. The molecule has 0 radical (unpaired) electrons. The zero-order valence-electron chi connectivity index (χ0n) is 10.7. The summed E-state index contributed by atoms with van der Waals surface area (Å²) in [6.45, 7) is 1.77. The number of benzene rings is 1. The number of carbonyl (C=O) groups is 1. The van der Waals surface area contributed by atoms with E-state index in [0.29, 0.717) is 12.1 Å². The number of hydrogen-bond donors (Lipinski definition) is 1. The quantitative estimate of drug-likeness (QED) is 0.513. The Kier molecular flexibility index (Phi) is 3.66. The van der Waals surface area contributed by atoms with Gasteiger partial charge in [-0.05, 0) is 25.8 Å². The van der Waals surface area contributed by atoms with E-state index >= 15 is 0 Å². The second-order valence-electron chi connectivity index (χ2n) is 5.02. The van der Waals surface area contributed by atoms with E-state index in [2.05, 4.69) is 5.32 Å². The number of nitro benzene ring substituents is 1. The lowest BCUT2D eigenvalue weighted by molar-refractivity contribution is -0.387. The Morgan fingerprint density at radius 3 is 2.48 bits per heavy atom. The number of carbonyl (C=O) groups excluding carboxylic acids is 1. The van der Waals surface area contributed by atoms with E-state index in [4.69, 9.17) is 10.7 Å². The molecular formula is C11H10ClFN2O5S. The predicted octanol–water partition coefficient (Wildman–Crippen LogP) is 1.94. The molecule has 0 unspecified atom stereocenters. The van der Waals surface area contributed by atoms with Gasteiger partial charge in [0.15, 0.2) is 0 Å². The second-order valence-corrected chi connectivity index (χ2v) is 7.55. The minimum absolute atomic E-state index is 0.338. The van der Waals surface area contributed by atoms with Crippen molar-refractivity contribution in [3.8, 4) is 0 Å². The minimum atomic E-state index is -4.56. The van der Waals surface area contributed by atoms with Crippen molar-refractivity contribution >= 4 is 31.3 Å². The van der Waals surface area contributed by atoms with Crippen LogP contribution in [-0.2, 0) is 9.05 Å². The molecule has 1 fully saturated rings. The van der Waals surface area contributed by atoms with Gasteiger partial charge in [-0.1, -0.05) is 0 Å². The largest absolute Gasteiger partial charge is 0.347 e. The summed E-state index contributed by atoms with van der Waals surface area (Å²) in [6, 6.07) is 1.37. The lowest BCUT2D eigenvalue weighted by Crippen LogP contribution is -2.34. The molecular weight excluding hydrogens is 327 g/mol. The van der Waals surface area contributed by atoms with Gasteiger partial charge < -0.3 is 5.32 Å². The van der Waals surface area contributed by atoms with Crippen LogP contribution in [0.15, 0.2) is 17.0 Å². The van der Waals surface area contributed by atoms with Gasteiger partial charge in [0.05, 0.1) is 4.92 Å². The van der Waals surface area contributed by atoms with Gasteiger partial charge in [-0.2, -0.15) is 4.39 Å². The summed E-state index contributed by atoms with van der Waals surface area (Å²) >= 11 is 0. The summed E-state index contributed by atoms with van der Waals surface area (Å²) in [5.41, 5.74) is -1.88. The molecule has 1 aliphatic carbocycles. The molecule has 1 N–H and O–H groups in total. The molecule has 0 heterocycles. The third-order valence-electron chi connectivity index (χ3n) is 3.16. The number of nitrogens with one attached hydrogen (secondary N) is 1. The van der Waals surface area contributed by atoms with Crippen LogP contribution >= 0.6 is 10.7 Å². The zero-order valence-corrected chi connectivity index (χ0v) is 12.3. The molecule has 1 aliphatic rings. The number of rotatable bonds is 4. The third kappa shape index (κ3) is 3.30. The first-order valence-electron chi connectivity index (χ1n) is 5.79. The summed E-state index contributed by atoms with van der Waals surface area (Å²) in [4.78, 5) is 20.5. The van der Waals surface area contributed by atoms with Gasteiger partial charge >= 0.3 is 5.69 Å². The van der Waals surface area contributed by atoms with Crippen LogP contribution < -0.4 is 5.32 Å². The van der Waals surface area contributed by atoms with Crippen LogP contribution in [0.4, 0.5) is 10.1 Å². The van der Waals surface area contributed by atoms with Gasteiger partial charge in [0.2, 0.25) is 5.82 Å². The van der Waals surface area contributed by atoms with Gasteiger partial charge in [-0.3, -0.25) is 14.9 Å². The van der Waals surface area contributed by atoms with E-state index in [1.54, 1.807) is 6.92 Å². The highest BCUT2D eigenvalue weighted by Gasteiger charge is 2.39. The van der Waals surface area contributed by atoms with Gasteiger partial charge in [-0.15, -0.1) is 0 Å². The maximum atomic E-state index is 13.8. The van der Waals surface area contributed by atoms with Crippen LogP contribution in [0.3, 0.4) is 0 Å². The molecule has 0 saturated heterocycles. The minimum Gasteiger partial charge on any atom is -0.347 e. The summed E-state index contributed by atoms with van der Waals surface area (Å²) in [7, 11) is 0.480. The Balaban J connectivity index is 2.54. The maximum Gasteiger partial charge on any atom is 0.307 e. The van der Waals surface area contributed by atoms with Crippen molar-refractivity contribution in [1.82, 2.24) is 5.32 Å². The molecule has 10 heteroatoms. The van der Waals surface area contributed by atoms with Gasteiger partial charge in [0.25, 0.3) is 15.0 Å². The average Bonchev–Trinajstić information content (AvgIpc) is 3.04. The lowest BCUT2D eigenvalue weighted by atomic mass is 10.1. The normalized spacial score (nSPS) is 16.3. The van der Waals surface area contributed by atoms with Crippen molar-refractivity contribution in [1.29, 1.82) is 0 Å². The maximum absolute atomic E-state index is 13.8. The summed E-state index contributed by atoms with van der Waals surface area (Å²) < 4.78 is 36.3. The fourth-order valence-corrected chi connectivity index (χ4v) is 2.61. The molecule has 1 aromatic rings. The molecule has 7 nitrogen and oxygen atoms in total. The molecule has 114 valence electrons. The molecule has 2 rings (SSSR count). The van der Waals surface area contributed by atoms with Crippen molar-refractivity contribution in [3.63, 3.8) is 0 Å². The van der Waals surface area contributed by atoms with Crippen molar-refractivity contribution in [2.75, 3.05) is 0 Å². The monoisotopic (exact) mass is 336 g/mol. The van der Waals surface area contributed by atoms with E-state index in [1.165, 1.54) is 0 Å². The first-order chi connectivity index (χ1) is 9.53. The Hall–Kier alpha value is -1.74. The molecule has 1 aromatic carbocycles. The SMILES string of the molecule is CC1(NC(=O)c2cc([N+](=O)[O-])c(F)c(S(=O)(=O)Cl)c2)CC1. The topological polar surface area (TPSA) is 106 Å².